The monoisotopic (exact) mass is 296 g/mol. The van der Waals surface area contributed by atoms with Crippen molar-refractivity contribution in [1.82, 2.24) is 5.32 Å². The second kappa shape index (κ2) is 8.32. The maximum Gasteiger partial charge on any atom is 0.146 e. The summed E-state index contributed by atoms with van der Waals surface area (Å²) >= 11 is 0. The third kappa shape index (κ3) is 4.66. The van der Waals surface area contributed by atoms with E-state index in [9.17, 15) is 4.39 Å². The van der Waals surface area contributed by atoms with Crippen LogP contribution in [-0.4, -0.2) is 46.6 Å². The molecule has 1 heterocycles. The first-order chi connectivity index (χ1) is 10.2. The van der Waals surface area contributed by atoms with Crippen LogP contribution in [0.2, 0.25) is 0 Å². The zero-order chi connectivity index (χ0) is 15.1. The zero-order valence-corrected chi connectivity index (χ0v) is 12.9. The van der Waals surface area contributed by atoms with E-state index in [0.717, 1.165) is 38.2 Å². The molecular weight excluding hydrogens is 271 g/mol. The third-order valence-electron chi connectivity index (χ3n) is 3.94. The first-order valence-electron chi connectivity index (χ1n) is 7.51. The van der Waals surface area contributed by atoms with Crippen LogP contribution in [0.15, 0.2) is 18.2 Å². The second-order valence-corrected chi connectivity index (χ2v) is 5.41. The van der Waals surface area contributed by atoms with Crippen LogP contribution in [0.5, 0.6) is 0 Å². The third-order valence-corrected chi connectivity index (χ3v) is 3.94. The van der Waals surface area contributed by atoms with E-state index < -0.39 is 0 Å². The highest BCUT2D eigenvalue weighted by Gasteiger charge is 2.20. The van der Waals surface area contributed by atoms with E-state index in [1.165, 1.54) is 0 Å². The first-order valence-corrected chi connectivity index (χ1v) is 7.51. The molecule has 0 radical (unpaired) electrons. The number of nitrogens with zero attached hydrogens (tertiary/aromatic N) is 1. The van der Waals surface area contributed by atoms with Crippen LogP contribution in [0, 0.1) is 5.82 Å². The number of methoxy groups -OCH3 is 1. The van der Waals surface area contributed by atoms with Crippen molar-refractivity contribution in [1.29, 1.82) is 0 Å². The summed E-state index contributed by atoms with van der Waals surface area (Å²) in [7, 11) is 3.63. The molecule has 1 N–H and O–H groups in total. The van der Waals surface area contributed by atoms with Crippen molar-refractivity contribution in [3.63, 3.8) is 0 Å². The molecule has 0 aliphatic carbocycles. The van der Waals surface area contributed by atoms with Gasteiger partial charge >= 0.3 is 0 Å². The van der Waals surface area contributed by atoms with Gasteiger partial charge in [0.1, 0.15) is 5.82 Å². The Morgan fingerprint density at radius 2 is 2.14 bits per heavy atom. The van der Waals surface area contributed by atoms with E-state index in [4.69, 9.17) is 9.47 Å². The molecule has 21 heavy (non-hydrogen) atoms. The Kier molecular flexibility index (Phi) is 6.42. The number of rotatable bonds is 7. The van der Waals surface area contributed by atoms with Crippen molar-refractivity contribution < 1.29 is 13.9 Å². The fraction of sp³-hybridized carbons (Fsp3) is 0.625. The minimum Gasteiger partial charge on any atom is -0.383 e. The summed E-state index contributed by atoms with van der Waals surface area (Å²) in [6.07, 6.45) is 1.91. The molecule has 0 saturated carbocycles. The standard InChI is InChI=1S/C16H25FN2O2/c1-19(14-5-8-21-9-6-14)16-4-3-13(11-15(16)17)12-18-7-10-20-2/h3-4,11,14,18H,5-10,12H2,1-2H3. The van der Waals surface area contributed by atoms with Crippen molar-refractivity contribution in [3.05, 3.63) is 29.6 Å². The molecule has 0 amide bonds. The summed E-state index contributed by atoms with van der Waals surface area (Å²) in [5.41, 5.74) is 1.62. The van der Waals surface area contributed by atoms with E-state index >= 15 is 0 Å². The average Bonchev–Trinajstić information content (AvgIpc) is 2.52. The minimum absolute atomic E-state index is 0.157. The van der Waals surface area contributed by atoms with E-state index in [2.05, 4.69) is 5.32 Å². The molecule has 1 fully saturated rings. The molecule has 1 aliphatic rings. The molecule has 0 spiro atoms. The summed E-state index contributed by atoms with van der Waals surface area (Å²) in [5, 5.41) is 3.22. The number of anilines is 1. The van der Waals surface area contributed by atoms with Gasteiger partial charge in [-0.25, -0.2) is 4.39 Å². The van der Waals surface area contributed by atoms with E-state index in [1.807, 2.05) is 24.1 Å². The highest BCUT2D eigenvalue weighted by molar-refractivity contribution is 5.49. The molecule has 1 aromatic carbocycles. The molecule has 4 nitrogen and oxygen atoms in total. The van der Waals surface area contributed by atoms with Crippen molar-refractivity contribution >= 4 is 5.69 Å². The molecule has 118 valence electrons. The molecule has 0 bridgehead atoms. The van der Waals surface area contributed by atoms with Crippen LogP contribution in [0.1, 0.15) is 18.4 Å². The lowest BCUT2D eigenvalue weighted by Crippen LogP contribution is -2.37. The van der Waals surface area contributed by atoms with Gasteiger partial charge in [-0.2, -0.15) is 0 Å². The summed E-state index contributed by atoms with van der Waals surface area (Å²) < 4.78 is 24.6. The van der Waals surface area contributed by atoms with Crippen LogP contribution in [0.3, 0.4) is 0 Å². The Morgan fingerprint density at radius 1 is 1.38 bits per heavy atom. The van der Waals surface area contributed by atoms with Gasteiger partial charge in [0.15, 0.2) is 0 Å². The van der Waals surface area contributed by atoms with Crippen molar-refractivity contribution in [3.8, 4) is 0 Å². The lowest BCUT2D eigenvalue weighted by atomic mass is 10.1. The SMILES string of the molecule is COCCNCc1ccc(N(C)C2CCOCC2)c(F)c1. The molecule has 0 aromatic heterocycles. The predicted octanol–water partition coefficient (Wildman–Crippen LogP) is 2.18. The van der Waals surface area contributed by atoms with Gasteiger partial charge in [0.2, 0.25) is 0 Å². The molecule has 2 rings (SSSR count). The minimum atomic E-state index is -0.157. The predicted molar refractivity (Wildman–Crippen MR) is 82.2 cm³/mol. The van der Waals surface area contributed by atoms with E-state index in [-0.39, 0.29) is 5.82 Å². The topological polar surface area (TPSA) is 33.7 Å². The quantitative estimate of drug-likeness (QED) is 0.782. The number of ether oxygens (including phenoxy) is 2. The Morgan fingerprint density at radius 3 is 2.81 bits per heavy atom. The molecule has 0 atom stereocenters. The van der Waals surface area contributed by atoms with Gasteiger partial charge in [-0.15, -0.1) is 0 Å². The molecular formula is C16H25FN2O2. The number of hydrogen-bond acceptors (Lipinski definition) is 4. The Hall–Kier alpha value is -1.17. The molecule has 1 aromatic rings. The van der Waals surface area contributed by atoms with Crippen LogP contribution >= 0.6 is 0 Å². The maximum atomic E-state index is 14.3. The maximum absolute atomic E-state index is 14.3. The van der Waals surface area contributed by atoms with Gasteiger partial charge in [0.25, 0.3) is 0 Å². The van der Waals surface area contributed by atoms with Gasteiger partial charge in [-0.3, -0.25) is 0 Å². The normalized spacial score (nSPS) is 16.1. The molecule has 5 heteroatoms. The van der Waals surface area contributed by atoms with Crippen molar-refractivity contribution in [2.24, 2.45) is 0 Å². The van der Waals surface area contributed by atoms with Crippen LogP contribution in [-0.2, 0) is 16.0 Å². The van der Waals surface area contributed by atoms with Crippen molar-refractivity contribution in [2.45, 2.75) is 25.4 Å². The zero-order valence-electron chi connectivity index (χ0n) is 12.9. The van der Waals surface area contributed by atoms with Gasteiger partial charge in [0, 0.05) is 46.5 Å². The Balaban J connectivity index is 1.94. The van der Waals surface area contributed by atoms with Gasteiger partial charge < -0.3 is 19.7 Å². The first kappa shape index (κ1) is 16.2. The van der Waals surface area contributed by atoms with Gasteiger partial charge in [0.05, 0.1) is 12.3 Å². The molecule has 0 unspecified atom stereocenters. The van der Waals surface area contributed by atoms with Crippen LogP contribution in [0.4, 0.5) is 10.1 Å². The molecule has 1 saturated heterocycles. The fourth-order valence-corrected chi connectivity index (χ4v) is 2.62. The Bertz CT molecular complexity index is 436. The summed E-state index contributed by atoms with van der Waals surface area (Å²) in [4.78, 5) is 2.04. The smallest absolute Gasteiger partial charge is 0.146 e. The highest BCUT2D eigenvalue weighted by Crippen LogP contribution is 2.24. The van der Waals surface area contributed by atoms with Crippen molar-refractivity contribution in [2.75, 3.05) is 45.4 Å². The van der Waals surface area contributed by atoms with Gasteiger partial charge in [-0.1, -0.05) is 6.07 Å². The second-order valence-electron chi connectivity index (χ2n) is 5.41. The van der Waals surface area contributed by atoms with E-state index in [1.54, 1.807) is 13.2 Å². The molecule has 1 aliphatic heterocycles. The summed E-state index contributed by atoms with van der Waals surface area (Å²) in [5.74, 6) is -0.157. The van der Waals surface area contributed by atoms with Crippen LogP contribution in [0.25, 0.3) is 0 Å². The largest absolute Gasteiger partial charge is 0.383 e. The number of halogens is 1. The average molecular weight is 296 g/mol. The highest BCUT2D eigenvalue weighted by atomic mass is 19.1. The number of nitrogens with one attached hydrogen (secondary N) is 1. The number of benzene rings is 1. The van der Waals surface area contributed by atoms with Crippen LogP contribution < -0.4 is 10.2 Å². The lowest BCUT2D eigenvalue weighted by Gasteiger charge is -2.33. The summed E-state index contributed by atoms with van der Waals surface area (Å²) in [6.45, 7) is 3.60. The number of hydrogen-bond donors (Lipinski definition) is 1. The summed E-state index contributed by atoms with van der Waals surface area (Å²) in [6, 6.07) is 5.83. The lowest BCUT2D eigenvalue weighted by molar-refractivity contribution is 0.0853. The Labute approximate surface area is 126 Å². The van der Waals surface area contributed by atoms with Gasteiger partial charge in [-0.05, 0) is 30.5 Å². The fourth-order valence-electron chi connectivity index (χ4n) is 2.62. The van der Waals surface area contributed by atoms with E-state index in [0.29, 0.717) is 24.9 Å².